The maximum atomic E-state index is 13.3. The number of anilines is 1. The molecule has 1 N–H and O–H groups in total. The molecular formula is C25H19ClN3OSe+. The van der Waals surface area contributed by atoms with Crippen molar-refractivity contribution in [3.8, 4) is 11.3 Å². The normalized spacial score (nSPS) is 14.9. The minimum atomic E-state index is -0.310. The molecule has 1 aromatic heterocycles. The predicted octanol–water partition coefficient (Wildman–Crippen LogP) is 3.02. The molecule has 0 amide bonds. The van der Waals surface area contributed by atoms with Crippen molar-refractivity contribution in [1.29, 1.82) is 0 Å². The fourth-order valence-corrected chi connectivity index (χ4v) is 5.60. The molecule has 152 valence electrons. The first kappa shape index (κ1) is 20.0. The van der Waals surface area contributed by atoms with E-state index < -0.39 is 0 Å². The molecule has 2 heterocycles. The van der Waals surface area contributed by atoms with Gasteiger partial charge in [-0.2, -0.15) is 0 Å². The van der Waals surface area contributed by atoms with Gasteiger partial charge in [-0.15, -0.1) is 0 Å². The van der Waals surface area contributed by atoms with Gasteiger partial charge in [0.25, 0.3) is 0 Å². The number of nitrogens with zero attached hydrogens (tertiary/aromatic N) is 2. The second-order valence-electron chi connectivity index (χ2n) is 7.30. The van der Waals surface area contributed by atoms with E-state index in [1.807, 2.05) is 79.0 Å². The van der Waals surface area contributed by atoms with Crippen molar-refractivity contribution >= 4 is 47.3 Å². The summed E-state index contributed by atoms with van der Waals surface area (Å²) in [4.78, 5) is 18.3. The number of nitrogens with one attached hydrogen (secondary N) is 1. The second kappa shape index (κ2) is 8.64. The fraction of sp³-hybridized carbons (Fsp3) is 0.0800. The molecule has 0 spiro atoms. The Morgan fingerprint density at radius 2 is 1.61 bits per heavy atom. The molecule has 1 unspecified atom stereocenters. The molecule has 0 aliphatic carbocycles. The monoisotopic (exact) mass is 492 g/mol. The molecule has 1 atom stereocenters. The molecular weight excluding hydrogens is 473 g/mol. The van der Waals surface area contributed by atoms with Crippen molar-refractivity contribution in [1.82, 2.24) is 4.98 Å². The van der Waals surface area contributed by atoms with Gasteiger partial charge < -0.3 is 0 Å². The molecule has 5 rings (SSSR count). The number of hydrogen-bond donors (Lipinski definition) is 1. The first-order chi connectivity index (χ1) is 15.2. The number of rotatable bonds is 5. The van der Waals surface area contributed by atoms with Gasteiger partial charge in [0.1, 0.15) is 0 Å². The molecule has 0 saturated heterocycles. The summed E-state index contributed by atoms with van der Waals surface area (Å²) in [6.45, 7) is 0. The summed E-state index contributed by atoms with van der Waals surface area (Å²) in [5, 5.41) is 4.16. The number of hydrogen-bond acceptors (Lipinski definition) is 3. The van der Waals surface area contributed by atoms with Gasteiger partial charge >= 0.3 is 192 Å². The van der Waals surface area contributed by atoms with Gasteiger partial charge in [-0.1, -0.05) is 0 Å². The molecule has 0 radical (unpaired) electrons. The zero-order valence-corrected chi connectivity index (χ0v) is 19.0. The molecule has 0 bridgehead atoms. The minimum absolute atomic E-state index is 0.0478. The average molecular weight is 492 g/mol. The van der Waals surface area contributed by atoms with Crippen molar-refractivity contribution < 1.29 is 9.36 Å². The van der Waals surface area contributed by atoms with Crippen LogP contribution in [-0.4, -0.2) is 31.9 Å². The van der Waals surface area contributed by atoms with E-state index in [0.29, 0.717) is 11.4 Å². The fourth-order valence-electron chi connectivity index (χ4n) is 3.60. The SMILES string of the molecule is O=C1C(Cc2ccccc2)Nc2c([Se]c3ccc(Cl)cc3)nc(-c3ccccc3)c[n+]21. The second-order valence-corrected chi connectivity index (χ2v) is 9.96. The van der Waals surface area contributed by atoms with Crippen LogP contribution in [0.1, 0.15) is 10.4 Å². The predicted molar refractivity (Wildman–Crippen MR) is 125 cm³/mol. The molecule has 1 aliphatic heterocycles. The maximum absolute atomic E-state index is 13.3. The van der Waals surface area contributed by atoms with Crippen LogP contribution in [0.4, 0.5) is 5.82 Å². The van der Waals surface area contributed by atoms with Crippen LogP contribution < -0.4 is 18.9 Å². The van der Waals surface area contributed by atoms with Crippen molar-refractivity contribution in [2.45, 2.75) is 12.5 Å². The van der Waals surface area contributed by atoms with Gasteiger partial charge in [-0.3, -0.25) is 0 Å². The molecule has 31 heavy (non-hydrogen) atoms. The van der Waals surface area contributed by atoms with Crippen LogP contribution in [0.2, 0.25) is 5.02 Å². The number of fused-ring (bicyclic) bond motifs is 1. The van der Waals surface area contributed by atoms with Crippen molar-refractivity contribution in [3.05, 3.63) is 102 Å². The Morgan fingerprint density at radius 1 is 0.935 bits per heavy atom. The van der Waals surface area contributed by atoms with E-state index in [1.54, 1.807) is 4.57 Å². The Bertz CT molecular complexity index is 1230. The van der Waals surface area contributed by atoms with E-state index >= 15 is 0 Å². The molecule has 0 fully saturated rings. The quantitative estimate of drug-likeness (QED) is 0.345. The Morgan fingerprint density at radius 3 is 2.32 bits per heavy atom. The summed E-state index contributed by atoms with van der Waals surface area (Å²) in [5.41, 5.74) is 2.92. The molecule has 6 heteroatoms. The molecule has 1 aliphatic rings. The van der Waals surface area contributed by atoms with Gasteiger partial charge in [0, 0.05) is 0 Å². The van der Waals surface area contributed by atoms with Crippen LogP contribution in [0.5, 0.6) is 0 Å². The average Bonchev–Trinajstić information content (AvgIpc) is 3.12. The van der Waals surface area contributed by atoms with Crippen LogP contribution in [0.15, 0.2) is 91.1 Å². The summed E-state index contributed by atoms with van der Waals surface area (Å²) in [6, 6.07) is 27.6. The summed E-state index contributed by atoms with van der Waals surface area (Å²) < 4.78 is 3.80. The van der Waals surface area contributed by atoms with Crippen molar-refractivity contribution in [3.63, 3.8) is 0 Å². The van der Waals surface area contributed by atoms with E-state index in [2.05, 4.69) is 17.4 Å². The first-order valence-electron chi connectivity index (χ1n) is 9.97. The Balaban J connectivity index is 1.54. The van der Waals surface area contributed by atoms with Crippen molar-refractivity contribution in [2.75, 3.05) is 5.32 Å². The Labute approximate surface area is 192 Å². The van der Waals surface area contributed by atoms with E-state index in [4.69, 9.17) is 16.6 Å². The van der Waals surface area contributed by atoms with Crippen LogP contribution in [0, 0.1) is 0 Å². The Kier molecular flexibility index (Phi) is 5.56. The molecule has 4 aromatic rings. The third kappa shape index (κ3) is 4.26. The number of carbonyl (C=O) groups excluding carboxylic acids is 1. The summed E-state index contributed by atoms with van der Waals surface area (Å²) in [7, 11) is 0. The zero-order chi connectivity index (χ0) is 21.2. The molecule has 0 saturated carbocycles. The topological polar surface area (TPSA) is 45.9 Å². The van der Waals surface area contributed by atoms with E-state index in [0.717, 1.165) is 31.7 Å². The number of halogens is 1. The van der Waals surface area contributed by atoms with Crippen LogP contribution in [0.3, 0.4) is 0 Å². The van der Waals surface area contributed by atoms with Crippen LogP contribution in [-0.2, 0) is 6.42 Å². The standard InChI is InChI=1S/C25H18ClN3OSe/c26-19-11-13-20(14-12-19)31-24-23-27-21(15-17-7-3-1-4-8-17)25(30)29(23)16-22(28-24)18-9-5-2-6-10-18/h1-14,16,21H,15H2/p+1. The van der Waals surface area contributed by atoms with E-state index in [1.165, 1.54) is 0 Å². The molecule has 3 aromatic carbocycles. The molecule has 4 nitrogen and oxygen atoms in total. The van der Waals surface area contributed by atoms with Gasteiger partial charge in [-0.25, -0.2) is 0 Å². The third-order valence-electron chi connectivity index (χ3n) is 5.14. The van der Waals surface area contributed by atoms with Gasteiger partial charge in [0.2, 0.25) is 0 Å². The number of carbonyl (C=O) groups is 1. The van der Waals surface area contributed by atoms with Gasteiger partial charge in [0.05, 0.1) is 0 Å². The van der Waals surface area contributed by atoms with Crippen LogP contribution in [0.25, 0.3) is 11.3 Å². The Hall–Kier alpha value is -2.98. The number of benzene rings is 3. The third-order valence-corrected chi connectivity index (χ3v) is 7.46. The van der Waals surface area contributed by atoms with Crippen LogP contribution >= 0.6 is 11.6 Å². The zero-order valence-electron chi connectivity index (χ0n) is 16.5. The summed E-state index contributed by atoms with van der Waals surface area (Å²) in [5.74, 6) is 0.840. The first-order valence-corrected chi connectivity index (χ1v) is 12.1. The van der Waals surface area contributed by atoms with Crippen molar-refractivity contribution in [2.24, 2.45) is 0 Å². The number of aromatic nitrogens is 2. The van der Waals surface area contributed by atoms with Gasteiger partial charge in [0.15, 0.2) is 0 Å². The van der Waals surface area contributed by atoms with E-state index in [-0.39, 0.29) is 26.9 Å². The summed E-state index contributed by atoms with van der Waals surface area (Å²) in [6.07, 6.45) is 2.49. The van der Waals surface area contributed by atoms with Gasteiger partial charge in [-0.05, 0) is 0 Å². The van der Waals surface area contributed by atoms with E-state index in [9.17, 15) is 4.79 Å². The summed E-state index contributed by atoms with van der Waals surface area (Å²) >= 11 is 5.98.